The number of halogens is 4. The molecule has 0 radical (unpaired) electrons. The molecule has 3 aliphatic heterocycles. The number of carbonyl (C=O) groups excluding carboxylic acids is 1. The third-order valence-electron chi connectivity index (χ3n) is 7.05. The molecular weight excluding hydrogens is 502 g/mol. The normalized spacial score (nSPS) is 21.2. The molecule has 0 N–H and O–H groups in total. The molecule has 3 aliphatic rings. The van der Waals surface area contributed by atoms with Crippen LogP contribution in [0.3, 0.4) is 0 Å². The first kappa shape index (κ1) is 24.8. The quantitative estimate of drug-likeness (QED) is 0.334. The first-order chi connectivity index (χ1) is 17.0. The summed E-state index contributed by atoms with van der Waals surface area (Å²) in [5.41, 5.74) is -4.14. The summed E-state index contributed by atoms with van der Waals surface area (Å²) in [7, 11) is -5.81. The summed E-state index contributed by atoms with van der Waals surface area (Å²) >= 11 is 0. The Morgan fingerprint density at radius 2 is 1.72 bits per heavy atom. The Kier molecular flexibility index (Phi) is 6.36. The van der Waals surface area contributed by atoms with Gasteiger partial charge in [0, 0.05) is 36.9 Å². The number of nitrogens with zero attached hydrogens (tertiary/aromatic N) is 3. The van der Waals surface area contributed by atoms with E-state index in [1.165, 1.54) is 29.9 Å². The molecule has 2 fully saturated rings. The van der Waals surface area contributed by atoms with Crippen molar-refractivity contribution in [2.24, 2.45) is 0 Å². The predicted molar refractivity (Wildman–Crippen MR) is 125 cm³/mol. The molecule has 0 bridgehead atoms. The van der Waals surface area contributed by atoms with E-state index in [1.807, 2.05) is 4.90 Å². The van der Waals surface area contributed by atoms with Crippen LogP contribution in [0.4, 0.5) is 28.9 Å². The van der Waals surface area contributed by atoms with Gasteiger partial charge in [-0.2, -0.15) is 21.6 Å². The lowest BCUT2D eigenvalue weighted by molar-refractivity contribution is -0.0500. The molecule has 2 aromatic carbocycles. The molecule has 194 valence electrons. The van der Waals surface area contributed by atoms with E-state index in [2.05, 4.69) is 9.08 Å². The molecule has 5 rings (SSSR count). The van der Waals surface area contributed by atoms with Crippen molar-refractivity contribution in [1.29, 1.82) is 0 Å². The molecule has 0 saturated carbocycles. The Labute approximate surface area is 206 Å². The maximum atomic E-state index is 15.1. The summed E-state index contributed by atoms with van der Waals surface area (Å²) in [6.45, 7) is 3.86. The van der Waals surface area contributed by atoms with Gasteiger partial charge in [-0.05, 0) is 80.7 Å². The minimum Gasteiger partial charge on any atom is -0.376 e. The van der Waals surface area contributed by atoms with Gasteiger partial charge in [0.05, 0.1) is 5.69 Å². The average Bonchev–Trinajstić information content (AvgIpc) is 3.50. The SMILES string of the molecule is O=C1c2ccc(OS(=O)(=O)C(F)(F)F)cc2CCN1c1ccc(N2CC[C@@H](N3CCCC3)C2)c(F)c1. The van der Waals surface area contributed by atoms with Crippen LogP contribution in [0, 0.1) is 5.82 Å². The van der Waals surface area contributed by atoms with Crippen LogP contribution in [0.2, 0.25) is 0 Å². The van der Waals surface area contributed by atoms with Crippen LogP contribution in [0.5, 0.6) is 5.75 Å². The molecule has 36 heavy (non-hydrogen) atoms. The fourth-order valence-corrected chi connectivity index (χ4v) is 5.67. The number of hydrogen-bond acceptors (Lipinski definition) is 6. The number of likely N-dealkylation sites (tertiary alicyclic amines) is 1. The lowest BCUT2D eigenvalue weighted by Crippen LogP contribution is -2.38. The number of rotatable bonds is 5. The van der Waals surface area contributed by atoms with E-state index in [0.29, 0.717) is 23.0 Å². The number of fused-ring (bicyclic) bond motifs is 1. The van der Waals surface area contributed by atoms with Gasteiger partial charge < -0.3 is 14.0 Å². The molecule has 12 heteroatoms. The van der Waals surface area contributed by atoms with Crippen molar-refractivity contribution >= 4 is 27.4 Å². The lowest BCUT2D eigenvalue weighted by atomic mass is 9.98. The number of amides is 1. The molecule has 0 aliphatic carbocycles. The van der Waals surface area contributed by atoms with Gasteiger partial charge in [0.15, 0.2) is 0 Å². The van der Waals surface area contributed by atoms with Crippen LogP contribution in [0.15, 0.2) is 36.4 Å². The molecule has 2 aromatic rings. The van der Waals surface area contributed by atoms with E-state index in [1.54, 1.807) is 12.1 Å². The highest BCUT2D eigenvalue weighted by Gasteiger charge is 2.48. The van der Waals surface area contributed by atoms with Crippen LogP contribution in [0.25, 0.3) is 0 Å². The molecule has 0 unspecified atom stereocenters. The molecule has 1 amide bonds. The van der Waals surface area contributed by atoms with Gasteiger partial charge in [0.1, 0.15) is 11.6 Å². The van der Waals surface area contributed by atoms with Crippen molar-refractivity contribution in [3.8, 4) is 5.75 Å². The first-order valence-electron chi connectivity index (χ1n) is 11.8. The second-order valence-corrected chi connectivity index (χ2v) is 10.8. The van der Waals surface area contributed by atoms with E-state index >= 15 is 4.39 Å². The van der Waals surface area contributed by atoms with Crippen molar-refractivity contribution < 1.29 is 35.0 Å². The maximum absolute atomic E-state index is 15.1. The number of benzene rings is 2. The van der Waals surface area contributed by atoms with Crippen molar-refractivity contribution in [1.82, 2.24) is 4.90 Å². The Hall–Kier alpha value is -2.86. The number of hydrogen-bond donors (Lipinski definition) is 0. The molecule has 3 heterocycles. The van der Waals surface area contributed by atoms with Gasteiger partial charge in [-0.25, -0.2) is 4.39 Å². The van der Waals surface area contributed by atoms with Crippen LogP contribution in [-0.2, 0) is 16.5 Å². The minimum atomic E-state index is -5.81. The van der Waals surface area contributed by atoms with Crippen molar-refractivity contribution in [3.05, 3.63) is 53.3 Å². The predicted octanol–water partition coefficient (Wildman–Crippen LogP) is 3.93. The smallest absolute Gasteiger partial charge is 0.376 e. The Bertz CT molecular complexity index is 1280. The zero-order valence-corrected chi connectivity index (χ0v) is 20.1. The summed E-state index contributed by atoms with van der Waals surface area (Å²) in [5.74, 6) is -1.40. The van der Waals surface area contributed by atoms with Gasteiger partial charge in [0.2, 0.25) is 0 Å². The third-order valence-corrected chi connectivity index (χ3v) is 8.03. The minimum absolute atomic E-state index is 0.154. The number of alkyl halides is 3. The second-order valence-electron chi connectivity index (χ2n) is 9.28. The van der Waals surface area contributed by atoms with Crippen molar-refractivity contribution in [3.63, 3.8) is 0 Å². The highest BCUT2D eigenvalue weighted by molar-refractivity contribution is 7.88. The van der Waals surface area contributed by atoms with E-state index in [9.17, 15) is 26.4 Å². The van der Waals surface area contributed by atoms with E-state index in [4.69, 9.17) is 0 Å². The topological polar surface area (TPSA) is 70.2 Å². The van der Waals surface area contributed by atoms with Crippen molar-refractivity contribution in [2.45, 2.75) is 37.2 Å². The second kappa shape index (κ2) is 9.22. The molecule has 2 saturated heterocycles. The molecular formula is C24H25F4N3O4S. The Morgan fingerprint density at radius 1 is 0.972 bits per heavy atom. The van der Waals surface area contributed by atoms with Crippen LogP contribution in [-0.4, -0.2) is 63.5 Å². The van der Waals surface area contributed by atoms with E-state index < -0.39 is 33.1 Å². The lowest BCUT2D eigenvalue weighted by Gasteiger charge is -2.30. The van der Waals surface area contributed by atoms with E-state index in [0.717, 1.165) is 44.7 Å². The Morgan fingerprint density at radius 3 is 2.42 bits per heavy atom. The monoisotopic (exact) mass is 527 g/mol. The fourth-order valence-electron chi connectivity index (χ4n) is 5.22. The molecule has 0 spiro atoms. The van der Waals surface area contributed by atoms with Crippen LogP contribution >= 0.6 is 0 Å². The standard InChI is InChI=1S/C24H25F4N3O4S/c25-21-14-17(3-6-22(21)30-11-8-18(15-30)29-9-1-2-10-29)31-12-7-16-13-19(4-5-20(16)23(31)32)35-36(33,34)24(26,27)28/h3-6,13-14,18H,1-2,7-12,15H2/t18-/m1/s1. The van der Waals surface area contributed by atoms with Crippen molar-refractivity contribution in [2.75, 3.05) is 42.5 Å². The first-order valence-corrected chi connectivity index (χ1v) is 13.2. The molecule has 0 aromatic heterocycles. The summed E-state index contributed by atoms with van der Waals surface area (Å²) in [6.07, 6.45) is 3.62. The molecule has 1 atom stereocenters. The highest BCUT2D eigenvalue weighted by Crippen LogP contribution is 2.33. The fraction of sp³-hybridized carbons (Fsp3) is 0.458. The van der Waals surface area contributed by atoms with Crippen LogP contribution < -0.4 is 14.0 Å². The van der Waals surface area contributed by atoms with Gasteiger partial charge >= 0.3 is 15.6 Å². The summed E-state index contributed by atoms with van der Waals surface area (Å²) in [4.78, 5) is 19.0. The zero-order chi connectivity index (χ0) is 25.7. The number of carbonyl (C=O) groups is 1. The average molecular weight is 528 g/mol. The van der Waals surface area contributed by atoms with Gasteiger partial charge in [-0.1, -0.05) is 0 Å². The highest BCUT2D eigenvalue weighted by atomic mass is 32.2. The van der Waals surface area contributed by atoms with Gasteiger partial charge in [-0.15, -0.1) is 0 Å². The molecule has 7 nitrogen and oxygen atoms in total. The summed E-state index contributed by atoms with van der Waals surface area (Å²) in [5, 5.41) is 0. The zero-order valence-electron chi connectivity index (χ0n) is 19.3. The number of anilines is 2. The van der Waals surface area contributed by atoms with Crippen LogP contribution in [0.1, 0.15) is 35.2 Å². The van der Waals surface area contributed by atoms with Gasteiger partial charge in [0.25, 0.3) is 5.91 Å². The largest absolute Gasteiger partial charge is 0.534 e. The van der Waals surface area contributed by atoms with Gasteiger partial charge in [-0.3, -0.25) is 9.69 Å². The third kappa shape index (κ3) is 4.63. The summed E-state index contributed by atoms with van der Waals surface area (Å²) < 4.78 is 79.6. The Balaban J connectivity index is 1.30. The summed E-state index contributed by atoms with van der Waals surface area (Å²) in [6, 6.07) is 8.45. The van der Waals surface area contributed by atoms with E-state index in [-0.39, 0.29) is 18.5 Å². The maximum Gasteiger partial charge on any atom is 0.534 e.